The summed E-state index contributed by atoms with van der Waals surface area (Å²) in [7, 11) is 1.65. The van der Waals surface area contributed by atoms with E-state index >= 15 is 0 Å². The molecule has 1 aromatic rings. The SMILES string of the molecule is COCc1cn([C@H](C)I)nn1. The lowest BCUT2D eigenvalue weighted by atomic mass is 10.5. The highest BCUT2D eigenvalue weighted by Crippen LogP contribution is 2.12. The second-order valence-corrected chi connectivity index (χ2v) is 4.00. The Labute approximate surface area is 79.1 Å². The third-order valence-electron chi connectivity index (χ3n) is 1.21. The van der Waals surface area contributed by atoms with E-state index in [9.17, 15) is 0 Å². The third kappa shape index (κ3) is 2.41. The summed E-state index contributed by atoms with van der Waals surface area (Å²) in [4.78, 5) is 0. The molecule has 0 bridgehead atoms. The summed E-state index contributed by atoms with van der Waals surface area (Å²) in [5, 5.41) is 7.82. The van der Waals surface area contributed by atoms with E-state index in [0.29, 0.717) is 10.7 Å². The molecular weight excluding hydrogens is 257 g/mol. The molecule has 1 heterocycles. The summed E-state index contributed by atoms with van der Waals surface area (Å²) in [6.07, 6.45) is 1.89. The number of ether oxygens (including phenoxy) is 1. The van der Waals surface area contributed by atoms with E-state index in [4.69, 9.17) is 4.74 Å². The van der Waals surface area contributed by atoms with Gasteiger partial charge in [-0.25, -0.2) is 4.68 Å². The van der Waals surface area contributed by atoms with Crippen molar-refractivity contribution >= 4 is 22.6 Å². The Bertz CT molecular complexity index is 223. The zero-order valence-corrected chi connectivity index (χ0v) is 8.65. The number of rotatable bonds is 3. The van der Waals surface area contributed by atoms with Gasteiger partial charge in [0.2, 0.25) is 0 Å². The van der Waals surface area contributed by atoms with E-state index in [0.717, 1.165) is 5.69 Å². The molecule has 1 rings (SSSR count). The van der Waals surface area contributed by atoms with Gasteiger partial charge < -0.3 is 4.74 Å². The number of alkyl halides is 1. The second-order valence-electron chi connectivity index (χ2n) is 2.20. The Morgan fingerprint density at radius 2 is 2.55 bits per heavy atom. The second kappa shape index (κ2) is 4.01. The molecule has 0 aliphatic heterocycles. The van der Waals surface area contributed by atoms with Crippen molar-refractivity contribution in [2.45, 2.75) is 17.6 Å². The van der Waals surface area contributed by atoms with Crippen molar-refractivity contribution in [3.05, 3.63) is 11.9 Å². The number of halogens is 1. The zero-order chi connectivity index (χ0) is 8.27. The standard InChI is InChI=1S/C6H10IN3O/c1-5(7)10-3-6(4-11-2)8-9-10/h3,5H,4H2,1-2H3/t5-/m1/s1. The fraction of sp³-hybridized carbons (Fsp3) is 0.667. The Balaban J connectivity index is 2.66. The van der Waals surface area contributed by atoms with Crippen LogP contribution in [0.2, 0.25) is 0 Å². The topological polar surface area (TPSA) is 39.9 Å². The van der Waals surface area contributed by atoms with E-state index in [2.05, 4.69) is 32.9 Å². The van der Waals surface area contributed by atoms with Crippen LogP contribution in [0.1, 0.15) is 16.7 Å². The maximum atomic E-state index is 4.90. The minimum absolute atomic E-state index is 0.339. The Morgan fingerprint density at radius 1 is 1.82 bits per heavy atom. The van der Waals surface area contributed by atoms with Crippen LogP contribution in [0.25, 0.3) is 0 Å². The van der Waals surface area contributed by atoms with Gasteiger partial charge in [0.15, 0.2) is 0 Å². The molecule has 62 valence electrons. The van der Waals surface area contributed by atoms with Crippen LogP contribution in [0.5, 0.6) is 0 Å². The van der Waals surface area contributed by atoms with Gasteiger partial charge in [-0.15, -0.1) is 5.10 Å². The molecule has 1 aromatic heterocycles. The van der Waals surface area contributed by atoms with Crippen LogP contribution >= 0.6 is 22.6 Å². The normalized spacial score (nSPS) is 13.4. The average Bonchev–Trinajstić information content (AvgIpc) is 2.37. The predicted octanol–water partition coefficient (Wildman–Crippen LogP) is 1.38. The molecular formula is C6H10IN3O. The lowest BCUT2D eigenvalue weighted by molar-refractivity contribution is 0.181. The molecule has 0 N–H and O–H groups in total. The van der Waals surface area contributed by atoms with Crippen LogP contribution in [0, 0.1) is 0 Å². The number of hydrogen-bond donors (Lipinski definition) is 0. The Hall–Kier alpha value is -0.170. The molecule has 0 fully saturated rings. The van der Waals surface area contributed by atoms with Crippen molar-refractivity contribution in [1.82, 2.24) is 15.0 Å². The highest BCUT2D eigenvalue weighted by molar-refractivity contribution is 14.1. The van der Waals surface area contributed by atoms with E-state index in [1.807, 2.05) is 13.1 Å². The minimum atomic E-state index is 0.339. The molecule has 5 heteroatoms. The van der Waals surface area contributed by atoms with Gasteiger partial charge in [0.05, 0.1) is 12.8 Å². The third-order valence-corrected chi connectivity index (χ3v) is 1.79. The number of methoxy groups -OCH3 is 1. The lowest BCUT2D eigenvalue weighted by Gasteiger charge is -1.98. The van der Waals surface area contributed by atoms with Gasteiger partial charge in [0, 0.05) is 7.11 Å². The maximum absolute atomic E-state index is 4.90. The average molecular weight is 267 g/mol. The van der Waals surface area contributed by atoms with Crippen molar-refractivity contribution in [2.24, 2.45) is 0 Å². The first-order valence-electron chi connectivity index (χ1n) is 3.27. The van der Waals surface area contributed by atoms with Gasteiger partial charge in [-0.3, -0.25) is 0 Å². The number of nitrogens with zero attached hydrogens (tertiary/aromatic N) is 3. The molecule has 1 atom stereocenters. The van der Waals surface area contributed by atoms with E-state index in [-0.39, 0.29) is 0 Å². The van der Waals surface area contributed by atoms with Crippen LogP contribution in [0.15, 0.2) is 6.20 Å². The summed E-state index contributed by atoms with van der Waals surface area (Å²) in [6.45, 7) is 2.58. The van der Waals surface area contributed by atoms with Gasteiger partial charge >= 0.3 is 0 Å². The van der Waals surface area contributed by atoms with Crippen LogP contribution in [-0.4, -0.2) is 22.1 Å². The van der Waals surface area contributed by atoms with Crippen molar-refractivity contribution < 1.29 is 4.74 Å². The molecule has 11 heavy (non-hydrogen) atoms. The van der Waals surface area contributed by atoms with Gasteiger partial charge in [-0.05, 0) is 6.92 Å². The summed E-state index contributed by atoms with van der Waals surface area (Å²) in [5.74, 6) is 0. The number of hydrogen-bond acceptors (Lipinski definition) is 3. The first-order chi connectivity index (χ1) is 5.24. The maximum Gasteiger partial charge on any atom is 0.108 e. The van der Waals surface area contributed by atoms with Crippen molar-refractivity contribution in [3.8, 4) is 0 Å². The fourth-order valence-corrected chi connectivity index (χ4v) is 0.974. The van der Waals surface area contributed by atoms with E-state index < -0.39 is 0 Å². The van der Waals surface area contributed by atoms with Gasteiger partial charge in [-0.2, -0.15) is 0 Å². The lowest BCUT2D eigenvalue weighted by Crippen LogP contribution is -1.97. The molecule has 0 unspecified atom stereocenters. The number of aromatic nitrogens is 3. The summed E-state index contributed by atoms with van der Waals surface area (Å²) in [5.41, 5.74) is 0.871. The molecule has 0 aliphatic rings. The Kier molecular flexibility index (Phi) is 3.25. The smallest absolute Gasteiger partial charge is 0.108 e. The molecule has 0 saturated heterocycles. The largest absolute Gasteiger partial charge is 0.378 e. The van der Waals surface area contributed by atoms with Gasteiger partial charge in [0.1, 0.15) is 9.74 Å². The Morgan fingerprint density at radius 3 is 3.00 bits per heavy atom. The monoisotopic (exact) mass is 267 g/mol. The molecule has 0 amide bonds. The predicted molar refractivity (Wildman–Crippen MR) is 49.5 cm³/mol. The highest BCUT2D eigenvalue weighted by atomic mass is 127. The van der Waals surface area contributed by atoms with Crippen molar-refractivity contribution in [3.63, 3.8) is 0 Å². The van der Waals surface area contributed by atoms with E-state index in [1.165, 1.54) is 0 Å². The highest BCUT2D eigenvalue weighted by Gasteiger charge is 2.02. The molecule has 0 saturated carbocycles. The summed E-state index contributed by atoms with van der Waals surface area (Å²) >= 11 is 2.27. The first-order valence-corrected chi connectivity index (χ1v) is 4.52. The van der Waals surface area contributed by atoms with Crippen LogP contribution < -0.4 is 0 Å². The van der Waals surface area contributed by atoms with Crippen LogP contribution in [0.3, 0.4) is 0 Å². The summed E-state index contributed by atoms with van der Waals surface area (Å²) in [6, 6.07) is 0. The van der Waals surface area contributed by atoms with Gasteiger partial charge in [-0.1, -0.05) is 27.8 Å². The van der Waals surface area contributed by atoms with Crippen molar-refractivity contribution in [2.75, 3.05) is 7.11 Å². The molecule has 4 nitrogen and oxygen atoms in total. The molecule has 0 aromatic carbocycles. The van der Waals surface area contributed by atoms with E-state index in [1.54, 1.807) is 11.8 Å². The quantitative estimate of drug-likeness (QED) is 0.613. The van der Waals surface area contributed by atoms with Crippen molar-refractivity contribution in [1.29, 1.82) is 0 Å². The summed E-state index contributed by atoms with van der Waals surface area (Å²) < 4.78 is 7.04. The van der Waals surface area contributed by atoms with Gasteiger partial charge in [0.25, 0.3) is 0 Å². The minimum Gasteiger partial charge on any atom is -0.378 e. The fourth-order valence-electron chi connectivity index (χ4n) is 0.701. The van der Waals surface area contributed by atoms with Crippen LogP contribution in [0.4, 0.5) is 0 Å². The zero-order valence-electron chi connectivity index (χ0n) is 6.49. The molecule has 0 spiro atoms. The van der Waals surface area contributed by atoms with Crippen LogP contribution in [-0.2, 0) is 11.3 Å². The first kappa shape index (κ1) is 8.92. The molecule has 0 aliphatic carbocycles. The molecule has 0 radical (unpaired) electrons.